The lowest BCUT2D eigenvalue weighted by molar-refractivity contribution is 0.320. The minimum Gasteiger partial charge on any atom is -0.465 e. The summed E-state index contributed by atoms with van der Waals surface area (Å²) in [6, 6.07) is 3.56. The average molecular weight is 182 g/mol. The summed E-state index contributed by atoms with van der Waals surface area (Å²) in [5.41, 5.74) is 0. The second-order valence-electron chi connectivity index (χ2n) is 2.37. The Bertz CT molecular complexity index is 276. The number of hydrogen-bond acceptors (Lipinski definition) is 5. The highest BCUT2D eigenvalue weighted by Gasteiger charge is 1.98. The third-order valence-corrected chi connectivity index (χ3v) is 1.47. The van der Waals surface area contributed by atoms with Crippen LogP contribution >= 0.6 is 0 Å². The van der Waals surface area contributed by atoms with Gasteiger partial charge in [-0.1, -0.05) is 0 Å². The van der Waals surface area contributed by atoms with E-state index in [1.807, 2.05) is 0 Å². The molecule has 1 aromatic heterocycles. The SMILES string of the molecule is O/N=C\Cc1ccc(C/C=N\O)o1. The summed E-state index contributed by atoms with van der Waals surface area (Å²) in [4.78, 5) is 0. The minimum atomic E-state index is 0.451. The van der Waals surface area contributed by atoms with Crippen molar-refractivity contribution in [2.75, 3.05) is 0 Å². The Kier molecular flexibility index (Phi) is 3.56. The number of hydrogen-bond donors (Lipinski definition) is 2. The van der Waals surface area contributed by atoms with E-state index in [1.54, 1.807) is 12.1 Å². The van der Waals surface area contributed by atoms with E-state index < -0.39 is 0 Å². The molecule has 0 spiro atoms. The lowest BCUT2D eigenvalue weighted by Crippen LogP contribution is -1.83. The van der Waals surface area contributed by atoms with Crippen LogP contribution in [-0.2, 0) is 12.8 Å². The van der Waals surface area contributed by atoms with Crippen molar-refractivity contribution >= 4 is 12.4 Å². The topological polar surface area (TPSA) is 78.3 Å². The van der Waals surface area contributed by atoms with Gasteiger partial charge in [-0.3, -0.25) is 0 Å². The zero-order valence-corrected chi connectivity index (χ0v) is 6.92. The van der Waals surface area contributed by atoms with E-state index >= 15 is 0 Å². The van der Waals surface area contributed by atoms with E-state index in [4.69, 9.17) is 14.8 Å². The first kappa shape index (κ1) is 9.31. The largest absolute Gasteiger partial charge is 0.465 e. The molecule has 2 N–H and O–H groups in total. The molecule has 1 heterocycles. The molecule has 0 aliphatic heterocycles. The zero-order chi connectivity index (χ0) is 9.52. The van der Waals surface area contributed by atoms with Gasteiger partial charge in [-0.2, -0.15) is 0 Å². The minimum absolute atomic E-state index is 0.451. The Hall–Kier alpha value is -1.78. The van der Waals surface area contributed by atoms with Crippen LogP contribution in [0.5, 0.6) is 0 Å². The fraction of sp³-hybridized carbons (Fsp3) is 0.250. The molecule has 0 amide bonds. The van der Waals surface area contributed by atoms with Gasteiger partial charge in [0.25, 0.3) is 0 Å². The summed E-state index contributed by atoms with van der Waals surface area (Å²) in [7, 11) is 0. The normalized spacial score (nSPS) is 11.7. The third kappa shape index (κ3) is 2.98. The van der Waals surface area contributed by atoms with Gasteiger partial charge >= 0.3 is 0 Å². The van der Waals surface area contributed by atoms with Crippen LogP contribution in [0.25, 0.3) is 0 Å². The quantitative estimate of drug-likeness (QED) is 0.418. The van der Waals surface area contributed by atoms with E-state index in [9.17, 15) is 0 Å². The van der Waals surface area contributed by atoms with Gasteiger partial charge in [0.05, 0.1) is 12.4 Å². The molecule has 0 fully saturated rings. The Morgan fingerprint density at radius 2 is 1.54 bits per heavy atom. The molecule has 0 aromatic carbocycles. The van der Waals surface area contributed by atoms with Gasteiger partial charge in [0, 0.05) is 12.8 Å². The van der Waals surface area contributed by atoms with Crippen molar-refractivity contribution in [3.8, 4) is 0 Å². The summed E-state index contributed by atoms with van der Waals surface area (Å²) in [6.45, 7) is 0. The van der Waals surface area contributed by atoms with Crippen molar-refractivity contribution in [1.82, 2.24) is 0 Å². The van der Waals surface area contributed by atoms with Crippen LogP contribution in [0, 0.1) is 0 Å². The number of nitrogens with zero attached hydrogens (tertiary/aromatic N) is 2. The van der Waals surface area contributed by atoms with Crippen LogP contribution < -0.4 is 0 Å². The first-order valence-electron chi connectivity index (χ1n) is 3.76. The van der Waals surface area contributed by atoms with Crippen molar-refractivity contribution in [2.24, 2.45) is 10.3 Å². The summed E-state index contributed by atoms with van der Waals surface area (Å²) in [6.07, 6.45) is 3.57. The Morgan fingerprint density at radius 3 is 1.92 bits per heavy atom. The highest BCUT2D eigenvalue weighted by molar-refractivity contribution is 5.60. The maximum Gasteiger partial charge on any atom is 0.109 e. The number of oxime groups is 2. The van der Waals surface area contributed by atoms with Gasteiger partial charge in [0.2, 0.25) is 0 Å². The predicted molar refractivity (Wildman–Crippen MR) is 46.7 cm³/mol. The Labute approximate surface area is 75.0 Å². The van der Waals surface area contributed by atoms with Crippen molar-refractivity contribution in [2.45, 2.75) is 12.8 Å². The molecule has 0 aliphatic carbocycles. The van der Waals surface area contributed by atoms with Gasteiger partial charge in [-0.25, -0.2) is 0 Å². The molecule has 0 radical (unpaired) electrons. The standard InChI is InChI=1S/C8H10N2O3/c11-9-5-3-7-1-2-8(13-7)4-6-10-12/h1-2,5-6,11-12H,3-4H2/b9-5-,10-6-. The van der Waals surface area contributed by atoms with Crippen molar-refractivity contribution in [3.05, 3.63) is 23.7 Å². The van der Waals surface area contributed by atoms with Crippen molar-refractivity contribution in [1.29, 1.82) is 0 Å². The molecule has 0 saturated carbocycles. The van der Waals surface area contributed by atoms with Gasteiger partial charge in [0.15, 0.2) is 0 Å². The Balaban J connectivity index is 2.53. The smallest absolute Gasteiger partial charge is 0.109 e. The monoisotopic (exact) mass is 182 g/mol. The molecule has 13 heavy (non-hydrogen) atoms. The molecular weight excluding hydrogens is 172 g/mol. The molecule has 0 aliphatic rings. The lowest BCUT2D eigenvalue weighted by Gasteiger charge is -1.88. The highest BCUT2D eigenvalue weighted by atomic mass is 16.4. The summed E-state index contributed by atoms with van der Waals surface area (Å²) in [5, 5.41) is 22.0. The van der Waals surface area contributed by atoms with E-state index in [0.717, 1.165) is 0 Å². The van der Waals surface area contributed by atoms with E-state index in [0.29, 0.717) is 24.4 Å². The zero-order valence-electron chi connectivity index (χ0n) is 6.92. The maximum atomic E-state index is 8.15. The number of rotatable bonds is 4. The fourth-order valence-corrected chi connectivity index (χ4v) is 0.903. The summed E-state index contributed by atoms with van der Waals surface area (Å²) in [5.74, 6) is 1.42. The van der Waals surface area contributed by atoms with Crippen LogP contribution in [0.4, 0.5) is 0 Å². The predicted octanol–water partition coefficient (Wildman–Crippen LogP) is 1.28. The van der Waals surface area contributed by atoms with Crippen LogP contribution in [0.1, 0.15) is 11.5 Å². The van der Waals surface area contributed by atoms with E-state index in [-0.39, 0.29) is 0 Å². The van der Waals surface area contributed by atoms with Crippen molar-refractivity contribution in [3.63, 3.8) is 0 Å². The van der Waals surface area contributed by atoms with Gasteiger partial charge in [0.1, 0.15) is 11.5 Å². The van der Waals surface area contributed by atoms with Gasteiger partial charge in [-0.05, 0) is 12.1 Å². The fourth-order valence-electron chi connectivity index (χ4n) is 0.903. The molecule has 0 saturated heterocycles. The molecule has 0 atom stereocenters. The molecular formula is C8H10N2O3. The van der Waals surface area contributed by atoms with Crippen LogP contribution in [0.15, 0.2) is 26.9 Å². The Morgan fingerprint density at radius 1 is 1.08 bits per heavy atom. The van der Waals surface area contributed by atoms with Crippen LogP contribution in [0.2, 0.25) is 0 Å². The average Bonchev–Trinajstić information content (AvgIpc) is 2.59. The molecule has 5 heteroatoms. The second-order valence-corrected chi connectivity index (χ2v) is 2.37. The van der Waals surface area contributed by atoms with E-state index in [1.165, 1.54) is 12.4 Å². The first-order chi connectivity index (χ1) is 6.36. The molecule has 1 rings (SSSR count). The number of furan rings is 1. The van der Waals surface area contributed by atoms with E-state index in [2.05, 4.69) is 10.3 Å². The molecule has 5 nitrogen and oxygen atoms in total. The lowest BCUT2D eigenvalue weighted by atomic mass is 10.3. The maximum absolute atomic E-state index is 8.15. The highest BCUT2D eigenvalue weighted by Crippen LogP contribution is 2.07. The molecule has 0 unspecified atom stereocenters. The molecule has 1 aromatic rings. The van der Waals surface area contributed by atoms with Gasteiger partial charge in [-0.15, -0.1) is 10.3 Å². The third-order valence-electron chi connectivity index (χ3n) is 1.47. The molecule has 0 bridgehead atoms. The summed E-state index contributed by atoms with van der Waals surface area (Å²) < 4.78 is 5.28. The first-order valence-corrected chi connectivity index (χ1v) is 3.76. The van der Waals surface area contributed by atoms with Crippen molar-refractivity contribution < 1.29 is 14.8 Å². The van der Waals surface area contributed by atoms with Crippen LogP contribution in [-0.4, -0.2) is 22.8 Å². The molecule has 70 valence electrons. The van der Waals surface area contributed by atoms with Gasteiger partial charge < -0.3 is 14.8 Å². The second kappa shape index (κ2) is 4.97. The van der Waals surface area contributed by atoms with Crippen LogP contribution in [0.3, 0.4) is 0 Å². The summed E-state index contributed by atoms with van der Waals surface area (Å²) >= 11 is 0.